The number of carbonyl (C=O) groups excluding carboxylic acids is 1. The lowest BCUT2D eigenvalue weighted by Crippen LogP contribution is -2.07. The topological polar surface area (TPSA) is 104 Å². The minimum atomic E-state index is -3.36. The van der Waals surface area contributed by atoms with Crippen molar-refractivity contribution in [2.75, 3.05) is 12.9 Å². The van der Waals surface area contributed by atoms with Gasteiger partial charge in [-0.2, -0.15) is 9.47 Å². The molecular weight excluding hydrogens is 472 g/mol. The van der Waals surface area contributed by atoms with Crippen molar-refractivity contribution >= 4 is 38.9 Å². The second kappa shape index (κ2) is 8.81. The summed E-state index contributed by atoms with van der Waals surface area (Å²) in [6.07, 6.45) is 1.15. The quantitative estimate of drug-likeness (QED) is 0.373. The minimum absolute atomic E-state index is 0.0946. The molecule has 0 unspecified atom stereocenters. The van der Waals surface area contributed by atoms with Crippen LogP contribution in [0.3, 0.4) is 0 Å². The predicted octanol–water partition coefficient (Wildman–Crippen LogP) is 4.29. The number of aromatic nitrogens is 4. The first-order valence-corrected chi connectivity index (χ1v) is 12.5. The van der Waals surface area contributed by atoms with E-state index in [-0.39, 0.29) is 17.2 Å². The molecule has 2 aromatic heterocycles. The van der Waals surface area contributed by atoms with E-state index in [1.807, 2.05) is 0 Å². The van der Waals surface area contributed by atoms with Gasteiger partial charge in [0, 0.05) is 17.9 Å². The standard InChI is InChI=1S/C21H17ClN4O4S2/c1-3-30-21(27)16-12-18(26(24-16)17-10-5-4-9-15(17)22)19-23-20(31-25-19)13-7-6-8-14(11-13)32(2,28)29/h4-12H,3H2,1-2H3. The molecule has 0 saturated carbocycles. The molecule has 8 nitrogen and oxygen atoms in total. The zero-order valence-electron chi connectivity index (χ0n) is 17.0. The molecule has 0 spiro atoms. The lowest BCUT2D eigenvalue weighted by molar-refractivity contribution is 0.0519. The zero-order chi connectivity index (χ0) is 22.9. The molecule has 0 radical (unpaired) electrons. The maximum absolute atomic E-state index is 12.3. The van der Waals surface area contributed by atoms with E-state index >= 15 is 0 Å². The van der Waals surface area contributed by atoms with Crippen molar-refractivity contribution < 1.29 is 17.9 Å². The van der Waals surface area contributed by atoms with Gasteiger partial charge in [-0.05, 0) is 42.7 Å². The lowest BCUT2D eigenvalue weighted by Gasteiger charge is -2.06. The van der Waals surface area contributed by atoms with Crippen LogP contribution in [0.25, 0.3) is 27.8 Å². The summed E-state index contributed by atoms with van der Waals surface area (Å²) in [6, 6.07) is 15.1. The Morgan fingerprint density at radius 3 is 2.66 bits per heavy atom. The number of sulfone groups is 1. The van der Waals surface area contributed by atoms with Crippen LogP contribution in [0.15, 0.2) is 59.5 Å². The van der Waals surface area contributed by atoms with Gasteiger partial charge in [-0.25, -0.2) is 22.9 Å². The van der Waals surface area contributed by atoms with E-state index in [0.29, 0.717) is 32.8 Å². The van der Waals surface area contributed by atoms with Crippen LogP contribution in [0, 0.1) is 0 Å². The van der Waals surface area contributed by atoms with Gasteiger partial charge in [-0.15, -0.1) is 0 Å². The van der Waals surface area contributed by atoms with Gasteiger partial charge in [0.15, 0.2) is 21.4 Å². The second-order valence-electron chi connectivity index (χ2n) is 6.72. The van der Waals surface area contributed by atoms with Crippen LogP contribution in [0.2, 0.25) is 5.02 Å². The molecule has 32 heavy (non-hydrogen) atoms. The van der Waals surface area contributed by atoms with Crippen LogP contribution in [0.5, 0.6) is 0 Å². The number of para-hydroxylation sites is 1. The summed E-state index contributed by atoms with van der Waals surface area (Å²) >= 11 is 7.46. The van der Waals surface area contributed by atoms with Crippen LogP contribution < -0.4 is 0 Å². The summed E-state index contributed by atoms with van der Waals surface area (Å²) in [5, 5.41) is 5.32. The maximum Gasteiger partial charge on any atom is 0.358 e. The number of esters is 1. The number of carbonyl (C=O) groups is 1. The summed E-state index contributed by atoms with van der Waals surface area (Å²) in [7, 11) is -3.36. The summed E-state index contributed by atoms with van der Waals surface area (Å²) in [6.45, 7) is 1.92. The fourth-order valence-electron chi connectivity index (χ4n) is 2.96. The number of nitrogens with zero attached hydrogens (tertiary/aromatic N) is 4. The molecular formula is C21H17ClN4O4S2. The Labute approximate surface area is 193 Å². The summed E-state index contributed by atoms with van der Waals surface area (Å²) in [5.74, 6) is -0.256. The highest BCUT2D eigenvalue weighted by Crippen LogP contribution is 2.31. The predicted molar refractivity (Wildman–Crippen MR) is 122 cm³/mol. The molecule has 0 aliphatic heterocycles. The van der Waals surface area contributed by atoms with Crippen molar-refractivity contribution in [3.63, 3.8) is 0 Å². The van der Waals surface area contributed by atoms with Crippen molar-refractivity contribution in [2.24, 2.45) is 0 Å². The van der Waals surface area contributed by atoms with Gasteiger partial charge in [0.25, 0.3) is 0 Å². The Hall–Kier alpha value is -3.08. The Balaban J connectivity index is 1.82. The van der Waals surface area contributed by atoms with Gasteiger partial charge in [0.1, 0.15) is 10.7 Å². The molecule has 11 heteroatoms. The van der Waals surface area contributed by atoms with Crippen LogP contribution in [-0.4, -0.2) is 46.4 Å². The zero-order valence-corrected chi connectivity index (χ0v) is 19.4. The number of halogens is 1. The highest BCUT2D eigenvalue weighted by atomic mass is 35.5. The molecule has 0 amide bonds. The second-order valence-corrected chi connectivity index (χ2v) is 9.90. The van der Waals surface area contributed by atoms with E-state index in [2.05, 4.69) is 14.5 Å². The fourth-order valence-corrected chi connectivity index (χ4v) is 4.51. The molecule has 2 heterocycles. The fraction of sp³-hybridized carbons (Fsp3) is 0.143. The summed E-state index contributed by atoms with van der Waals surface area (Å²) < 4.78 is 34.8. The van der Waals surface area contributed by atoms with Gasteiger partial charge in [-0.3, -0.25) is 0 Å². The van der Waals surface area contributed by atoms with Crippen molar-refractivity contribution in [3.8, 4) is 27.8 Å². The van der Waals surface area contributed by atoms with E-state index in [4.69, 9.17) is 16.3 Å². The summed E-state index contributed by atoms with van der Waals surface area (Å²) in [5.41, 5.74) is 1.71. The number of hydrogen-bond acceptors (Lipinski definition) is 8. The largest absolute Gasteiger partial charge is 0.461 e. The highest BCUT2D eigenvalue weighted by molar-refractivity contribution is 7.90. The molecule has 164 valence electrons. The Kier molecular flexibility index (Phi) is 6.09. The Morgan fingerprint density at radius 2 is 1.94 bits per heavy atom. The van der Waals surface area contributed by atoms with Crippen LogP contribution >= 0.6 is 23.1 Å². The molecule has 0 aliphatic carbocycles. The van der Waals surface area contributed by atoms with Gasteiger partial charge >= 0.3 is 5.97 Å². The number of rotatable bonds is 6. The van der Waals surface area contributed by atoms with Crippen molar-refractivity contribution in [2.45, 2.75) is 11.8 Å². The first-order valence-electron chi connectivity index (χ1n) is 9.44. The van der Waals surface area contributed by atoms with Crippen LogP contribution in [0.4, 0.5) is 0 Å². The van der Waals surface area contributed by atoms with E-state index in [1.165, 1.54) is 10.7 Å². The molecule has 0 atom stereocenters. The smallest absolute Gasteiger partial charge is 0.358 e. The Bertz CT molecular complexity index is 1410. The first-order chi connectivity index (χ1) is 15.3. The van der Waals surface area contributed by atoms with Gasteiger partial charge in [0.2, 0.25) is 0 Å². The van der Waals surface area contributed by atoms with Crippen molar-refractivity contribution in [1.82, 2.24) is 19.1 Å². The average molecular weight is 489 g/mol. The average Bonchev–Trinajstić information content (AvgIpc) is 3.41. The van der Waals surface area contributed by atoms with Gasteiger partial charge < -0.3 is 4.74 Å². The molecule has 2 aromatic carbocycles. The van der Waals surface area contributed by atoms with Gasteiger partial charge in [0.05, 0.1) is 22.2 Å². The number of ether oxygens (including phenoxy) is 1. The molecule has 0 fully saturated rings. The van der Waals surface area contributed by atoms with Crippen LogP contribution in [0.1, 0.15) is 17.4 Å². The highest BCUT2D eigenvalue weighted by Gasteiger charge is 2.22. The number of hydrogen-bond donors (Lipinski definition) is 0. The Morgan fingerprint density at radius 1 is 1.16 bits per heavy atom. The molecule has 0 N–H and O–H groups in total. The first kappa shape index (κ1) is 22.1. The van der Waals surface area contributed by atoms with Crippen LogP contribution in [-0.2, 0) is 14.6 Å². The van der Waals surface area contributed by atoms with E-state index < -0.39 is 15.8 Å². The minimum Gasteiger partial charge on any atom is -0.461 e. The van der Waals surface area contributed by atoms with E-state index in [9.17, 15) is 13.2 Å². The third kappa shape index (κ3) is 4.43. The van der Waals surface area contributed by atoms with E-state index in [1.54, 1.807) is 55.5 Å². The van der Waals surface area contributed by atoms with Gasteiger partial charge in [-0.1, -0.05) is 35.9 Å². The SMILES string of the molecule is CCOC(=O)c1cc(-c2nsc(-c3cccc(S(C)(=O)=O)c3)n2)n(-c2ccccc2Cl)n1. The molecule has 0 bridgehead atoms. The lowest BCUT2D eigenvalue weighted by atomic mass is 10.2. The normalized spacial score (nSPS) is 11.5. The summed E-state index contributed by atoms with van der Waals surface area (Å²) in [4.78, 5) is 17.0. The molecule has 0 aliphatic rings. The maximum atomic E-state index is 12.3. The van der Waals surface area contributed by atoms with E-state index in [0.717, 1.165) is 17.8 Å². The number of benzene rings is 2. The molecule has 4 rings (SSSR count). The third-order valence-corrected chi connectivity index (χ3v) is 6.63. The monoisotopic (exact) mass is 488 g/mol. The third-order valence-electron chi connectivity index (χ3n) is 4.44. The molecule has 0 saturated heterocycles. The van der Waals surface area contributed by atoms with Crippen molar-refractivity contribution in [3.05, 3.63) is 65.3 Å². The molecule has 4 aromatic rings. The van der Waals surface area contributed by atoms with Crippen molar-refractivity contribution in [1.29, 1.82) is 0 Å².